The van der Waals surface area contributed by atoms with E-state index in [0.717, 1.165) is 6.54 Å². The van der Waals surface area contributed by atoms with Crippen LogP contribution in [0.5, 0.6) is 0 Å². The smallest absolute Gasteiger partial charge is 0.0420 e. The van der Waals surface area contributed by atoms with Gasteiger partial charge >= 0.3 is 0 Å². The molecule has 1 aliphatic heterocycles. The minimum absolute atomic E-state index is 0.569. The quantitative estimate of drug-likeness (QED) is 0.684. The Bertz CT molecular complexity index is 617. The maximum Gasteiger partial charge on any atom is 0.0420 e. The van der Waals surface area contributed by atoms with Crippen molar-refractivity contribution < 1.29 is 0 Å². The summed E-state index contributed by atoms with van der Waals surface area (Å²) >= 11 is 0. The molecule has 0 unspecified atom stereocenters. The topological polar surface area (TPSA) is 3.24 Å². The third kappa shape index (κ3) is 1.65. The van der Waals surface area contributed by atoms with Gasteiger partial charge in [-0.15, -0.1) is 0 Å². The molecule has 0 saturated heterocycles. The molecule has 2 aliphatic rings. The van der Waals surface area contributed by atoms with Gasteiger partial charge in [0.2, 0.25) is 0 Å². The van der Waals surface area contributed by atoms with E-state index in [-0.39, 0.29) is 0 Å². The van der Waals surface area contributed by atoms with Crippen LogP contribution in [0.15, 0.2) is 48.5 Å². The van der Waals surface area contributed by atoms with E-state index in [1.54, 1.807) is 16.7 Å². The second kappa shape index (κ2) is 4.21. The molecule has 0 N–H and O–H groups in total. The summed E-state index contributed by atoms with van der Waals surface area (Å²) in [5.41, 5.74) is 6.21. The van der Waals surface area contributed by atoms with Crippen molar-refractivity contribution >= 4 is 0 Å². The standard InChI is InChI=1S/C18H19N/c1-19-12-14-7-3-4-8-15(14)17-11-10-13-6-2-5-9-16(13)18(17)19/h2-9,17-18H,10-12H2,1H3/t17-,18-/m1/s1. The largest absolute Gasteiger partial charge is 0.294 e. The van der Waals surface area contributed by atoms with Gasteiger partial charge in [-0.05, 0) is 42.1 Å². The number of nitrogens with zero attached hydrogens (tertiary/aromatic N) is 1. The predicted octanol–water partition coefficient (Wildman–Crippen LogP) is 3.90. The Morgan fingerprint density at radius 1 is 0.895 bits per heavy atom. The van der Waals surface area contributed by atoms with Crippen LogP contribution in [0.1, 0.15) is 40.6 Å². The Morgan fingerprint density at radius 3 is 2.42 bits per heavy atom. The van der Waals surface area contributed by atoms with Gasteiger partial charge in [-0.1, -0.05) is 48.5 Å². The van der Waals surface area contributed by atoms with E-state index in [4.69, 9.17) is 0 Å². The van der Waals surface area contributed by atoms with Crippen LogP contribution in [-0.4, -0.2) is 11.9 Å². The molecule has 19 heavy (non-hydrogen) atoms. The van der Waals surface area contributed by atoms with Gasteiger partial charge in [0.1, 0.15) is 0 Å². The second-order valence-electron chi connectivity index (χ2n) is 5.90. The van der Waals surface area contributed by atoms with Crippen molar-refractivity contribution in [3.8, 4) is 0 Å². The lowest BCUT2D eigenvalue weighted by Gasteiger charge is -2.44. The Morgan fingerprint density at radius 2 is 1.58 bits per heavy atom. The Labute approximate surface area is 114 Å². The highest BCUT2D eigenvalue weighted by atomic mass is 15.1. The van der Waals surface area contributed by atoms with Crippen molar-refractivity contribution in [1.82, 2.24) is 4.90 Å². The summed E-state index contributed by atoms with van der Waals surface area (Å²) in [6.45, 7) is 1.08. The van der Waals surface area contributed by atoms with Crippen LogP contribution in [0.4, 0.5) is 0 Å². The first-order valence-corrected chi connectivity index (χ1v) is 7.20. The van der Waals surface area contributed by atoms with E-state index in [9.17, 15) is 0 Å². The lowest BCUT2D eigenvalue weighted by Crippen LogP contribution is -2.37. The Balaban J connectivity index is 1.87. The van der Waals surface area contributed by atoms with Crippen molar-refractivity contribution in [2.24, 2.45) is 0 Å². The molecule has 0 saturated carbocycles. The summed E-state index contributed by atoms with van der Waals surface area (Å²) in [6, 6.07) is 18.6. The number of rotatable bonds is 0. The molecule has 2 aromatic rings. The molecule has 0 spiro atoms. The fraction of sp³-hybridized carbons (Fsp3) is 0.333. The van der Waals surface area contributed by atoms with Crippen LogP contribution >= 0.6 is 0 Å². The summed E-state index contributed by atoms with van der Waals surface area (Å²) in [7, 11) is 2.27. The number of hydrogen-bond acceptors (Lipinski definition) is 1. The fourth-order valence-corrected chi connectivity index (χ4v) is 4.01. The van der Waals surface area contributed by atoms with Gasteiger partial charge in [0.25, 0.3) is 0 Å². The molecule has 0 fully saturated rings. The van der Waals surface area contributed by atoms with Gasteiger partial charge < -0.3 is 0 Å². The highest BCUT2D eigenvalue weighted by Crippen LogP contribution is 2.48. The van der Waals surface area contributed by atoms with E-state index >= 15 is 0 Å². The lowest BCUT2D eigenvalue weighted by molar-refractivity contribution is 0.170. The van der Waals surface area contributed by atoms with Crippen LogP contribution in [0.25, 0.3) is 0 Å². The van der Waals surface area contributed by atoms with Gasteiger partial charge in [0.15, 0.2) is 0 Å². The van der Waals surface area contributed by atoms with Gasteiger partial charge in [0, 0.05) is 18.5 Å². The zero-order chi connectivity index (χ0) is 12.8. The highest BCUT2D eigenvalue weighted by molar-refractivity contribution is 5.42. The molecule has 0 amide bonds. The van der Waals surface area contributed by atoms with Crippen LogP contribution < -0.4 is 0 Å². The number of benzene rings is 2. The van der Waals surface area contributed by atoms with Crippen LogP contribution in [0.2, 0.25) is 0 Å². The third-order valence-electron chi connectivity index (χ3n) is 4.83. The molecule has 1 nitrogen and oxygen atoms in total. The molecular weight excluding hydrogens is 230 g/mol. The van der Waals surface area contributed by atoms with Crippen molar-refractivity contribution in [1.29, 1.82) is 0 Å². The second-order valence-corrected chi connectivity index (χ2v) is 5.90. The molecule has 0 bridgehead atoms. The van der Waals surface area contributed by atoms with E-state index < -0.39 is 0 Å². The third-order valence-corrected chi connectivity index (χ3v) is 4.83. The molecule has 1 heteroatoms. The minimum atomic E-state index is 0.569. The average Bonchev–Trinajstić information content (AvgIpc) is 2.46. The molecule has 2 aromatic carbocycles. The van der Waals surface area contributed by atoms with E-state index in [2.05, 4.69) is 60.5 Å². The summed E-state index contributed by atoms with van der Waals surface area (Å²) in [5.74, 6) is 0.671. The van der Waals surface area contributed by atoms with Crippen molar-refractivity contribution in [2.45, 2.75) is 31.3 Å². The zero-order valence-corrected chi connectivity index (χ0v) is 11.3. The Hall–Kier alpha value is -1.60. The molecule has 1 aliphatic carbocycles. The summed E-state index contributed by atoms with van der Waals surface area (Å²) in [4.78, 5) is 2.53. The molecule has 0 aromatic heterocycles. The summed E-state index contributed by atoms with van der Waals surface area (Å²) in [5, 5.41) is 0. The van der Waals surface area contributed by atoms with Crippen molar-refractivity contribution in [3.63, 3.8) is 0 Å². The average molecular weight is 249 g/mol. The molecule has 1 heterocycles. The molecular formula is C18H19N. The molecule has 0 radical (unpaired) electrons. The number of aryl methyl sites for hydroxylation is 1. The number of hydrogen-bond donors (Lipinski definition) is 0. The summed E-state index contributed by atoms with van der Waals surface area (Å²) < 4.78 is 0. The van der Waals surface area contributed by atoms with Gasteiger partial charge in [0.05, 0.1) is 0 Å². The number of likely N-dealkylation sites (N-methyl/N-ethyl adjacent to an activating group) is 1. The first-order chi connectivity index (χ1) is 9.34. The van der Waals surface area contributed by atoms with Gasteiger partial charge in [-0.2, -0.15) is 0 Å². The molecule has 96 valence electrons. The first-order valence-electron chi connectivity index (χ1n) is 7.20. The molecule has 4 rings (SSSR count). The number of fused-ring (bicyclic) bond motifs is 5. The first kappa shape index (κ1) is 11.2. The molecule has 2 atom stereocenters. The van der Waals surface area contributed by atoms with Crippen LogP contribution in [-0.2, 0) is 13.0 Å². The zero-order valence-electron chi connectivity index (χ0n) is 11.3. The summed E-state index contributed by atoms with van der Waals surface area (Å²) in [6.07, 6.45) is 2.50. The van der Waals surface area contributed by atoms with E-state index in [0.29, 0.717) is 12.0 Å². The highest BCUT2D eigenvalue weighted by Gasteiger charge is 2.37. The van der Waals surface area contributed by atoms with Crippen LogP contribution in [0.3, 0.4) is 0 Å². The maximum atomic E-state index is 2.53. The maximum absolute atomic E-state index is 2.53. The predicted molar refractivity (Wildman–Crippen MR) is 78.2 cm³/mol. The van der Waals surface area contributed by atoms with E-state index in [1.807, 2.05) is 0 Å². The van der Waals surface area contributed by atoms with Gasteiger partial charge in [-0.3, -0.25) is 4.90 Å². The lowest BCUT2D eigenvalue weighted by atomic mass is 9.72. The Kier molecular flexibility index (Phi) is 2.49. The van der Waals surface area contributed by atoms with Gasteiger partial charge in [-0.25, -0.2) is 0 Å². The SMILES string of the molecule is CN1Cc2ccccc2[C@H]2CCc3ccccc3[C@H]21. The van der Waals surface area contributed by atoms with Crippen LogP contribution in [0, 0.1) is 0 Å². The monoisotopic (exact) mass is 249 g/mol. The van der Waals surface area contributed by atoms with Crippen molar-refractivity contribution in [2.75, 3.05) is 7.05 Å². The normalized spacial score (nSPS) is 25.3. The van der Waals surface area contributed by atoms with Crippen molar-refractivity contribution in [3.05, 3.63) is 70.8 Å². The fourth-order valence-electron chi connectivity index (χ4n) is 4.01. The minimum Gasteiger partial charge on any atom is -0.294 e. The van der Waals surface area contributed by atoms with E-state index in [1.165, 1.54) is 18.4 Å².